The average molecular weight is 202 g/mol. The van der Waals surface area contributed by atoms with E-state index < -0.39 is 0 Å². The molecule has 0 bridgehead atoms. The Kier molecular flexibility index (Phi) is 7.14. The van der Waals surface area contributed by atoms with Crippen molar-refractivity contribution >= 4 is 5.96 Å². The van der Waals surface area contributed by atoms with Crippen LogP contribution in [0.25, 0.3) is 0 Å². The molecule has 0 aromatic heterocycles. The zero-order chi connectivity index (χ0) is 11.0. The van der Waals surface area contributed by atoms with E-state index in [-0.39, 0.29) is 6.04 Å². The highest BCUT2D eigenvalue weighted by Crippen LogP contribution is 1.94. The second-order valence-electron chi connectivity index (χ2n) is 3.07. The fourth-order valence-electron chi connectivity index (χ4n) is 1.22. The maximum atomic E-state index is 5.41. The van der Waals surface area contributed by atoms with Crippen molar-refractivity contribution in [1.29, 1.82) is 0 Å². The van der Waals surface area contributed by atoms with Crippen LogP contribution in [0.3, 0.4) is 0 Å². The lowest BCUT2D eigenvalue weighted by Gasteiger charge is -2.23. The summed E-state index contributed by atoms with van der Waals surface area (Å²) in [5.41, 5.74) is 2.61. The number of nitrogens with one attached hydrogen (secondary N) is 1. The van der Waals surface area contributed by atoms with Crippen molar-refractivity contribution in [2.45, 2.75) is 26.8 Å². The number of methoxy groups -OCH3 is 1. The van der Waals surface area contributed by atoms with Gasteiger partial charge in [-0.25, -0.2) is 10.8 Å². The molecule has 0 radical (unpaired) electrons. The van der Waals surface area contributed by atoms with Gasteiger partial charge in [-0.05, 0) is 20.8 Å². The number of hydrazine groups is 1. The first-order valence-electron chi connectivity index (χ1n) is 4.97. The summed E-state index contributed by atoms with van der Waals surface area (Å²) < 4.78 is 5.00. The van der Waals surface area contributed by atoms with Crippen LogP contribution in [0.15, 0.2) is 4.99 Å². The molecular formula is C9H22N4O. The molecule has 0 rings (SSSR count). The van der Waals surface area contributed by atoms with Gasteiger partial charge in [0.2, 0.25) is 5.96 Å². The summed E-state index contributed by atoms with van der Waals surface area (Å²) in [4.78, 5) is 6.47. The first kappa shape index (κ1) is 13.2. The third-order valence-electron chi connectivity index (χ3n) is 1.94. The van der Waals surface area contributed by atoms with Crippen LogP contribution in [0.1, 0.15) is 20.8 Å². The molecule has 14 heavy (non-hydrogen) atoms. The van der Waals surface area contributed by atoms with E-state index in [2.05, 4.69) is 29.2 Å². The number of aliphatic imine (C=N–C) groups is 1. The molecule has 1 atom stereocenters. The summed E-state index contributed by atoms with van der Waals surface area (Å²) in [6, 6.07) is 0.117. The van der Waals surface area contributed by atoms with E-state index in [4.69, 9.17) is 10.6 Å². The molecule has 0 aromatic rings. The van der Waals surface area contributed by atoms with E-state index >= 15 is 0 Å². The third-order valence-corrected chi connectivity index (χ3v) is 1.94. The number of hydrogen-bond acceptors (Lipinski definition) is 3. The topological polar surface area (TPSA) is 62.9 Å². The van der Waals surface area contributed by atoms with E-state index in [1.165, 1.54) is 0 Å². The Bertz CT molecular complexity index is 168. The van der Waals surface area contributed by atoms with Gasteiger partial charge < -0.3 is 9.64 Å². The van der Waals surface area contributed by atoms with Gasteiger partial charge >= 0.3 is 0 Å². The van der Waals surface area contributed by atoms with Crippen LogP contribution >= 0.6 is 0 Å². The number of ether oxygens (including phenoxy) is 1. The van der Waals surface area contributed by atoms with Gasteiger partial charge in [0.05, 0.1) is 12.6 Å². The van der Waals surface area contributed by atoms with E-state index in [1.54, 1.807) is 7.11 Å². The van der Waals surface area contributed by atoms with Crippen molar-refractivity contribution in [3.63, 3.8) is 0 Å². The van der Waals surface area contributed by atoms with Gasteiger partial charge in [-0.15, -0.1) is 0 Å². The van der Waals surface area contributed by atoms with Crippen molar-refractivity contribution < 1.29 is 4.74 Å². The molecule has 0 aliphatic carbocycles. The lowest BCUT2D eigenvalue weighted by Crippen LogP contribution is -2.45. The molecule has 1 unspecified atom stereocenters. The van der Waals surface area contributed by atoms with E-state index in [1.807, 2.05) is 6.92 Å². The minimum atomic E-state index is 0.117. The average Bonchev–Trinajstić information content (AvgIpc) is 2.18. The number of nitrogens with zero attached hydrogens (tertiary/aromatic N) is 2. The molecule has 5 nitrogen and oxygen atoms in total. The van der Waals surface area contributed by atoms with Gasteiger partial charge in [-0.2, -0.15) is 0 Å². The van der Waals surface area contributed by atoms with Crippen LogP contribution in [-0.4, -0.2) is 43.7 Å². The van der Waals surface area contributed by atoms with Crippen LogP contribution in [-0.2, 0) is 4.74 Å². The van der Waals surface area contributed by atoms with E-state index in [0.29, 0.717) is 6.61 Å². The third kappa shape index (κ3) is 4.43. The van der Waals surface area contributed by atoms with Crippen molar-refractivity contribution in [2.75, 3.05) is 26.8 Å². The highest BCUT2D eigenvalue weighted by molar-refractivity contribution is 5.79. The summed E-state index contributed by atoms with van der Waals surface area (Å²) in [6.45, 7) is 8.50. The molecule has 0 aromatic carbocycles. The Balaban J connectivity index is 4.35. The molecule has 0 fully saturated rings. The zero-order valence-electron chi connectivity index (χ0n) is 9.58. The zero-order valence-corrected chi connectivity index (χ0v) is 9.58. The Hall–Kier alpha value is -0.810. The number of hydrogen-bond donors (Lipinski definition) is 2. The molecule has 0 heterocycles. The fraction of sp³-hybridized carbons (Fsp3) is 0.889. The summed E-state index contributed by atoms with van der Waals surface area (Å²) in [5.74, 6) is 6.13. The Morgan fingerprint density at radius 1 is 1.50 bits per heavy atom. The first-order valence-corrected chi connectivity index (χ1v) is 4.97. The molecule has 84 valence electrons. The molecule has 0 spiro atoms. The normalized spacial score (nSPS) is 13.9. The van der Waals surface area contributed by atoms with Crippen LogP contribution < -0.4 is 11.3 Å². The van der Waals surface area contributed by atoms with Crippen LogP contribution in [0.5, 0.6) is 0 Å². The van der Waals surface area contributed by atoms with Gasteiger partial charge in [0.25, 0.3) is 0 Å². The van der Waals surface area contributed by atoms with Crippen molar-refractivity contribution in [3.05, 3.63) is 0 Å². The number of rotatable bonds is 5. The predicted molar refractivity (Wildman–Crippen MR) is 59.0 cm³/mol. The minimum Gasteiger partial charge on any atom is -0.382 e. The summed E-state index contributed by atoms with van der Waals surface area (Å²) in [7, 11) is 1.67. The molecule has 3 N–H and O–H groups in total. The summed E-state index contributed by atoms with van der Waals surface area (Å²) >= 11 is 0. The molecule has 0 saturated heterocycles. The van der Waals surface area contributed by atoms with E-state index in [0.717, 1.165) is 19.0 Å². The molecule has 0 saturated carbocycles. The van der Waals surface area contributed by atoms with Crippen molar-refractivity contribution in [1.82, 2.24) is 10.3 Å². The van der Waals surface area contributed by atoms with Crippen LogP contribution in [0, 0.1) is 0 Å². The minimum absolute atomic E-state index is 0.117. The first-order chi connectivity index (χ1) is 6.69. The standard InChI is InChI=1S/C9H22N4O/c1-5-13(6-2)9(12-10)11-8(3)7-14-4/h8H,5-7,10H2,1-4H3,(H,11,12). The van der Waals surface area contributed by atoms with Gasteiger partial charge in [-0.1, -0.05) is 0 Å². The monoisotopic (exact) mass is 202 g/mol. The van der Waals surface area contributed by atoms with Gasteiger partial charge in [0.1, 0.15) is 0 Å². The number of guanidine groups is 1. The second kappa shape index (κ2) is 7.58. The molecule has 0 aliphatic rings. The summed E-state index contributed by atoms with van der Waals surface area (Å²) in [6.07, 6.45) is 0. The van der Waals surface area contributed by atoms with Crippen molar-refractivity contribution in [3.8, 4) is 0 Å². The van der Waals surface area contributed by atoms with Gasteiger partial charge in [-0.3, -0.25) is 5.43 Å². The molecule has 0 amide bonds. The second-order valence-corrected chi connectivity index (χ2v) is 3.07. The maximum Gasteiger partial charge on any atom is 0.208 e. The quantitative estimate of drug-likeness (QED) is 0.289. The summed E-state index contributed by atoms with van der Waals surface area (Å²) in [5, 5.41) is 0. The predicted octanol–water partition coefficient (Wildman–Crippen LogP) is 0.182. The van der Waals surface area contributed by atoms with Crippen LogP contribution in [0.2, 0.25) is 0 Å². The fourth-order valence-corrected chi connectivity index (χ4v) is 1.22. The highest BCUT2D eigenvalue weighted by atomic mass is 16.5. The lowest BCUT2D eigenvalue weighted by molar-refractivity contribution is 0.185. The largest absolute Gasteiger partial charge is 0.382 e. The Morgan fingerprint density at radius 2 is 2.07 bits per heavy atom. The van der Waals surface area contributed by atoms with Gasteiger partial charge in [0.15, 0.2) is 0 Å². The number of nitrogens with two attached hydrogens (primary N) is 1. The Morgan fingerprint density at radius 3 is 2.43 bits per heavy atom. The highest BCUT2D eigenvalue weighted by Gasteiger charge is 2.07. The molecule has 5 heteroatoms. The van der Waals surface area contributed by atoms with Crippen LogP contribution in [0.4, 0.5) is 0 Å². The van der Waals surface area contributed by atoms with Gasteiger partial charge in [0, 0.05) is 20.2 Å². The molecule has 0 aliphatic heterocycles. The molecular weight excluding hydrogens is 180 g/mol. The van der Waals surface area contributed by atoms with Crippen molar-refractivity contribution in [2.24, 2.45) is 10.8 Å². The SMILES string of the molecule is CCN(CC)C(=NC(C)COC)NN. The smallest absolute Gasteiger partial charge is 0.208 e. The lowest BCUT2D eigenvalue weighted by atomic mass is 10.4. The van der Waals surface area contributed by atoms with E-state index in [9.17, 15) is 0 Å². The Labute approximate surface area is 86.3 Å². The maximum absolute atomic E-state index is 5.41.